The van der Waals surface area contributed by atoms with Gasteiger partial charge in [-0.1, -0.05) is 60.8 Å². The van der Waals surface area contributed by atoms with Crippen LogP contribution in [-0.2, 0) is 0 Å². The Kier molecular flexibility index (Phi) is 7.39. The summed E-state index contributed by atoms with van der Waals surface area (Å²) in [5, 5.41) is -2.64. The molecule has 0 aliphatic heterocycles. The van der Waals surface area contributed by atoms with Gasteiger partial charge in [0, 0.05) is 0 Å². The molecule has 0 aromatic carbocycles. The lowest BCUT2D eigenvalue weighted by molar-refractivity contribution is 0.0829. The van der Waals surface area contributed by atoms with E-state index in [0.29, 0.717) is 11.8 Å². The lowest BCUT2D eigenvalue weighted by Gasteiger charge is -2.27. The van der Waals surface area contributed by atoms with Crippen molar-refractivity contribution in [2.45, 2.75) is 49.6 Å². The van der Waals surface area contributed by atoms with E-state index in [4.69, 9.17) is 0 Å². The molecule has 0 aliphatic rings. The predicted molar refractivity (Wildman–Crippen MR) is 64.5 cm³/mol. The Balaban J connectivity index is 4.22. The average molecular weight is 289 g/mol. The molecule has 0 aromatic rings. The minimum atomic E-state index is -2.64. The molecule has 0 bridgehead atoms. The lowest BCUT2D eigenvalue weighted by atomic mass is 9.96. The van der Waals surface area contributed by atoms with E-state index < -0.39 is 10.1 Å². The highest BCUT2D eigenvalue weighted by molar-refractivity contribution is 9.09. The smallest absolute Gasteiger partial charge is 0.193 e. The molecular weight excluding hydrogens is 270 g/mol. The van der Waals surface area contributed by atoms with Crippen LogP contribution in [0.25, 0.3) is 0 Å². The van der Waals surface area contributed by atoms with Gasteiger partial charge in [-0.05, 0) is 18.6 Å². The van der Waals surface area contributed by atoms with Crippen molar-refractivity contribution in [3.8, 4) is 0 Å². The monoisotopic (exact) mass is 288 g/mol. The SMILES string of the molecule is CCCCC(CC)C(Br)C(F)(F)SC. The van der Waals surface area contributed by atoms with E-state index in [1.807, 2.05) is 6.92 Å². The van der Waals surface area contributed by atoms with Crippen molar-refractivity contribution >= 4 is 27.7 Å². The van der Waals surface area contributed by atoms with E-state index in [-0.39, 0.29) is 5.92 Å². The first kappa shape index (κ1) is 14.7. The fraction of sp³-hybridized carbons (Fsp3) is 1.00. The second-order valence-electron chi connectivity index (χ2n) is 3.48. The topological polar surface area (TPSA) is 0 Å². The van der Waals surface area contributed by atoms with Gasteiger partial charge in [0.2, 0.25) is 0 Å². The van der Waals surface area contributed by atoms with Crippen LogP contribution in [0.15, 0.2) is 0 Å². The van der Waals surface area contributed by atoms with Crippen molar-refractivity contribution in [2.24, 2.45) is 5.92 Å². The third-order valence-corrected chi connectivity index (χ3v) is 4.88. The van der Waals surface area contributed by atoms with Gasteiger partial charge in [0.1, 0.15) is 0 Å². The summed E-state index contributed by atoms with van der Waals surface area (Å²) >= 11 is 3.78. The molecule has 0 nitrogen and oxygen atoms in total. The van der Waals surface area contributed by atoms with E-state index in [9.17, 15) is 8.78 Å². The summed E-state index contributed by atoms with van der Waals surface area (Å²) < 4.78 is 26.7. The number of rotatable bonds is 7. The van der Waals surface area contributed by atoms with Gasteiger partial charge >= 0.3 is 5.25 Å². The van der Waals surface area contributed by atoms with Crippen LogP contribution in [0.2, 0.25) is 0 Å². The van der Waals surface area contributed by atoms with E-state index in [2.05, 4.69) is 22.9 Å². The molecule has 4 heteroatoms. The van der Waals surface area contributed by atoms with Crippen LogP contribution < -0.4 is 0 Å². The molecule has 0 spiro atoms. The highest BCUT2D eigenvalue weighted by Gasteiger charge is 2.40. The first-order chi connectivity index (χ1) is 6.49. The molecule has 0 fully saturated rings. The number of unbranched alkanes of at least 4 members (excludes halogenated alkanes) is 1. The molecule has 0 amide bonds. The molecule has 2 unspecified atom stereocenters. The minimum Gasteiger partial charge on any atom is -0.193 e. The normalized spacial score (nSPS) is 16.7. The molecular formula is C10H19BrF2S. The summed E-state index contributed by atoms with van der Waals surface area (Å²) in [7, 11) is 0. The lowest BCUT2D eigenvalue weighted by Crippen LogP contribution is -2.31. The Morgan fingerprint density at radius 2 is 1.93 bits per heavy atom. The van der Waals surface area contributed by atoms with Crippen LogP contribution in [-0.4, -0.2) is 16.3 Å². The van der Waals surface area contributed by atoms with Crippen molar-refractivity contribution in [3.05, 3.63) is 0 Å². The number of alkyl halides is 3. The second-order valence-corrected chi connectivity index (χ2v) is 5.42. The summed E-state index contributed by atoms with van der Waals surface area (Å²) in [6, 6.07) is 0. The molecule has 0 aliphatic carbocycles. The van der Waals surface area contributed by atoms with Crippen molar-refractivity contribution in [2.75, 3.05) is 6.26 Å². The van der Waals surface area contributed by atoms with E-state index in [0.717, 1.165) is 25.7 Å². The number of halogens is 3. The van der Waals surface area contributed by atoms with Crippen molar-refractivity contribution in [1.82, 2.24) is 0 Å². The fourth-order valence-electron chi connectivity index (χ4n) is 1.41. The Labute approximate surface area is 98.3 Å². The summed E-state index contributed by atoms with van der Waals surface area (Å²) in [5.74, 6) is 0.0809. The zero-order chi connectivity index (χ0) is 11.2. The fourth-order valence-corrected chi connectivity index (χ4v) is 3.03. The van der Waals surface area contributed by atoms with E-state index in [1.54, 1.807) is 0 Å². The summed E-state index contributed by atoms with van der Waals surface area (Å²) in [5.41, 5.74) is 0. The van der Waals surface area contributed by atoms with Crippen LogP contribution >= 0.6 is 27.7 Å². The maximum Gasteiger partial charge on any atom is 0.306 e. The average Bonchev–Trinajstić information content (AvgIpc) is 2.18. The number of hydrogen-bond acceptors (Lipinski definition) is 1. The molecule has 0 radical (unpaired) electrons. The molecule has 0 rings (SSSR count). The minimum absolute atomic E-state index is 0.0809. The van der Waals surface area contributed by atoms with Gasteiger partial charge in [-0.3, -0.25) is 0 Å². The third-order valence-electron chi connectivity index (χ3n) is 2.46. The molecule has 0 saturated heterocycles. The van der Waals surface area contributed by atoms with Gasteiger partial charge in [-0.2, -0.15) is 8.78 Å². The maximum absolute atomic E-state index is 13.3. The van der Waals surface area contributed by atoms with Gasteiger partial charge in [-0.15, -0.1) is 0 Å². The van der Waals surface area contributed by atoms with E-state index >= 15 is 0 Å². The quantitative estimate of drug-likeness (QED) is 0.599. The standard InChI is InChI=1S/C10H19BrF2S/c1-4-6-7-8(5-2)9(11)10(12,13)14-3/h8-9H,4-7H2,1-3H3. The summed E-state index contributed by atoms with van der Waals surface area (Å²) in [4.78, 5) is -0.693. The van der Waals surface area contributed by atoms with Gasteiger partial charge in [0.15, 0.2) is 0 Å². The second kappa shape index (κ2) is 7.04. The summed E-state index contributed by atoms with van der Waals surface area (Å²) in [6.07, 6.45) is 5.26. The van der Waals surface area contributed by atoms with Crippen molar-refractivity contribution in [3.63, 3.8) is 0 Å². The van der Waals surface area contributed by atoms with Crippen molar-refractivity contribution in [1.29, 1.82) is 0 Å². The number of thioether (sulfide) groups is 1. The zero-order valence-electron chi connectivity index (χ0n) is 9.03. The van der Waals surface area contributed by atoms with Crippen molar-refractivity contribution < 1.29 is 8.78 Å². The highest BCUT2D eigenvalue weighted by Crippen LogP contribution is 2.41. The van der Waals surface area contributed by atoms with Crippen LogP contribution in [0.3, 0.4) is 0 Å². The van der Waals surface area contributed by atoms with E-state index in [1.165, 1.54) is 6.26 Å². The largest absolute Gasteiger partial charge is 0.306 e. The maximum atomic E-state index is 13.3. The summed E-state index contributed by atoms with van der Waals surface area (Å²) in [6.45, 7) is 4.06. The Morgan fingerprint density at radius 3 is 2.29 bits per heavy atom. The predicted octanol–water partition coefficient (Wildman–Crippen LogP) is 4.92. The molecule has 0 N–H and O–H groups in total. The Hall–Kier alpha value is 0.690. The molecule has 0 saturated carbocycles. The van der Waals surface area contributed by atoms with Gasteiger partial charge in [0.05, 0.1) is 4.83 Å². The number of hydrogen-bond donors (Lipinski definition) is 0. The van der Waals surface area contributed by atoms with Crippen LogP contribution in [0.5, 0.6) is 0 Å². The third kappa shape index (κ3) is 4.47. The molecule has 14 heavy (non-hydrogen) atoms. The Morgan fingerprint density at radius 1 is 1.36 bits per heavy atom. The Bertz CT molecular complexity index is 153. The molecule has 2 atom stereocenters. The highest BCUT2D eigenvalue weighted by atomic mass is 79.9. The first-order valence-corrected chi connectivity index (χ1v) is 7.20. The first-order valence-electron chi connectivity index (χ1n) is 5.06. The van der Waals surface area contributed by atoms with Gasteiger partial charge < -0.3 is 0 Å². The zero-order valence-corrected chi connectivity index (χ0v) is 11.4. The molecule has 0 heterocycles. The molecule has 0 aromatic heterocycles. The van der Waals surface area contributed by atoms with Crippen LogP contribution in [0, 0.1) is 5.92 Å². The van der Waals surface area contributed by atoms with Gasteiger partial charge in [-0.25, -0.2) is 0 Å². The van der Waals surface area contributed by atoms with Crippen LogP contribution in [0.4, 0.5) is 8.78 Å². The molecule has 86 valence electrons. The van der Waals surface area contributed by atoms with Crippen LogP contribution in [0.1, 0.15) is 39.5 Å². The van der Waals surface area contributed by atoms with Gasteiger partial charge in [0.25, 0.3) is 0 Å².